The lowest BCUT2D eigenvalue weighted by atomic mass is 10.2. The highest BCUT2D eigenvalue weighted by molar-refractivity contribution is 5.73. The molecule has 84 valence electrons. The maximum Gasteiger partial charge on any atom is 0.323 e. The molecule has 0 aliphatic carbocycles. The highest BCUT2D eigenvalue weighted by Gasteiger charge is 2.17. The second-order valence-electron chi connectivity index (χ2n) is 4.14. The summed E-state index contributed by atoms with van der Waals surface area (Å²) in [5, 5.41) is 11.8. The molecular weight excluding hydrogens is 182 g/mol. The second kappa shape index (κ2) is 6.79. The van der Waals surface area contributed by atoms with Gasteiger partial charge in [0.1, 0.15) is 6.04 Å². The van der Waals surface area contributed by atoms with Gasteiger partial charge in [0, 0.05) is 12.6 Å². The van der Waals surface area contributed by atoms with Crippen LogP contribution in [0.3, 0.4) is 0 Å². The van der Waals surface area contributed by atoms with Gasteiger partial charge in [0.05, 0.1) is 6.61 Å². The lowest BCUT2D eigenvalue weighted by Gasteiger charge is -2.17. The van der Waals surface area contributed by atoms with Gasteiger partial charge in [-0.3, -0.25) is 4.79 Å². The average Bonchev–Trinajstić information content (AvgIpc) is 2.00. The maximum absolute atomic E-state index is 10.8. The Hall–Kier alpha value is -0.610. The minimum atomic E-state index is -0.859. The minimum absolute atomic E-state index is 0.152. The molecule has 14 heavy (non-hydrogen) atoms. The van der Waals surface area contributed by atoms with Crippen molar-refractivity contribution in [1.29, 1.82) is 0 Å². The Balaban J connectivity index is 3.80. The molecule has 0 saturated carbocycles. The van der Waals surface area contributed by atoms with Crippen LogP contribution in [-0.4, -0.2) is 36.4 Å². The van der Waals surface area contributed by atoms with Crippen LogP contribution in [-0.2, 0) is 9.53 Å². The Morgan fingerprint density at radius 1 is 1.29 bits per heavy atom. The molecule has 1 atom stereocenters. The fraction of sp³-hybridized carbons (Fsp3) is 0.900. The zero-order valence-electron chi connectivity index (χ0n) is 9.41. The van der Waals surface area contributed by atoms with Crippen LogP contribution >= 0.6 is 0 Å². The Bertz CT molecular complexity index is 169. The number of aliphatic carboxylic acids is 1. The van der Waals surface area contributed by atoms with Gasteiger partial charge in [-0.15, -0.1) is 0 Å². The van der Waals surface area contributed by atoms with E-state index < -0.39 is 12.0 Å². The third kappa shape index (κ3) is 6.86. The molecule has 0 rings (SSSR count). The molecule has 0 fully saturated rings. The standard InChI is InChI=1S/C10H21NO3/c1-7(2)5-14-6-9(10(12)13)11-8(3)4/h7-9,11H,5-6H2,1-4H3,(H,12,13). The second-order valence-corrected chi connectivity index (χ2v) is 4.14. The summed E-state index contributed by atoms with van der Waals surface area (Å²) in [5.74, 6) is -0.425. The van der Waals surface area contributed by atoms with Crippen molar-refractivity contribution < 1.29 is 14.6 Å². The molecule has 0 bridgehead atoms. The molecule has 2 N–H and O–H groups in total. The van der Waals surface area contributed by atoms with Crippen molar-refractivity contribution in [2.24, 2.45) is 5.92 Å². The summed E-state index contributed by atoms with van der Waals surface area (Å²) in [5.41, 5.74) is 0. The Morgan fingerprint density at radius 3 is 2.21 bits per heavy atom. The molecule has 0 aromatic heterocycles. The lowest BCUT2D eigenvalue weighted by molar-refractivity contribution is -0.141. The molecule has 0 heterocycles. The first-order valence-electron chi connectivity index (χ1n) is 5.00. The van der Waals surface area contributed by atoms with E-state index in [-0.39, 0.29) is 12.6 Å². The van der Waals surface area contributed by atoms with Gasteiger partial charge in [0.25, 0.3) is 0 Å². The molecular formula is C10H21NO3. The van der Waals surface area contributed by atoms with Gasteiger partial charge in [0.2, 0.25) is 0 Å². The van der Waals surface area contributed by atoms with Crippen molar-refractivity contribution in [2.45, 2.75) is 39.8 Å². The molecule has 0 spiro atoms. The summed E-state index contributed by atoms with van der Waals surface area (Å²) >= 11 is 0. The zero-order valence-corrected chi connectivity index (χ0v) is 9.41. The number of ether oxygens (including phenoxy) is 1. The molecule has 0 aliphatic rings. The molecule has 1 unspecified atom stereocenters. The predicted octanol–water partition coefficient (Wildman–Crippen LogP) is 1.11. The van der Waals surface area contributed by atoms with Crippen LogP contribution in [0.25, 0.3) is 0 Å². The number of hydrogen-bond donors (Lipinski definition) is 2. The first kappa shape index (κ1) is 13.4. The molecule has 0 aromatic carbocycles. The summed E-state index contributed by atoms with van der Waals surface area (Å²) in [6, 6.07) is -0.451. The topological polar surface area (TPSA) is 58.6 Å². The fourth-order valence-corrected chi connectivity index (χ4v) is 1.01. The van der Waals surface area contributed by atoms with E-state index in [1.165, 1.54) is 0 Å². The van der Waals surface area contributed by atoms with Gasteiger partial charge in [-0.05, 0) is 5.92 Å². The quantitative estimate of drug-likeness (QED) is 0.650. The van der Waals surface area contributed by atoms with E-state index in [2.05, 4.69) is 5.32 Å². The van der Waals surface area contributed by atoms with E-state index in [0.29, 0.717) is 12.5 Å². The number of nitrogens with one attached hydrogen (secondary N) is 1. The SMILES string of the molecule is CC(C)COCC(NC(C)C)C(=O)O. The molecule has 0 saturated heterocycles. The number of carbonyl (C=O) groups is 1. The molecule has 0 amide bonds. The van der Waals surface area contributed by atoms with Crippen molar-refractivity contribution in [3.05, 3.63) is 0 Å². The average molecular weight is 203 g/mol. The molecule has 4 heteroatoms. The first-order valence-corrected chi connectivity index (χ1v) is 5.00. The van der Waals surface area contributed by atoms with E-state index in [0.717, 1.165) is 0 Å². The Labute approximate surface area is 85.6 Å². The van der Waals surface area contributed by atoms with Gasteiger partial charge in [-0.2, -0.15) is 0 Å². The normalized spacial score (nSPS) is 13.6. The van der Waals surface area contributed by atoms with Crippen molar-refractivity contribution in [3.8, 4) is 0 Å². The summed E-state index contributed by atoms with van der Waals surface area (Å²) in [6.07, 6.45) is 0. The van der Waals surface area contributed by atoms with Crippen molar-refractivity contribution in [2.75, 3.05) is 13.2 Å². The Morgan fingerprint density at radius 2 is 1.86 bits per heavy atom. The number of carboxylic acids is 1. The van der Waals surface area contributed by atoms with E-state index in [1.54, 1.807) is 0 Å². The van der Waals surface area contributed by atoms with Crippen LogP contribution in [0.5, 0.6) is 0 Å². The number of hydrogen-bond acceptors (Lipinski definition) is 3. The molecule has 0 aromatic rings. The Kier molecular flexibility index (Phi) is 6.49. The highest BCUT2D eigenvalue weighted by atomic mass is 16.5. The number of carboxylic acid groups (broad SMARTS) is 1. The summed E-state index contributed by atoms with van der Waals surface area (Å²) in [6.45, 7) is 8.73. The predicted molar refractivity (Wildman–Crippen MR) is 55.4 cm³/mol. The smallest absolute Gasteiger partial charge is 0.323 e. The van der Waals surface area contributed by atoms with Gasteiger partial charge >= 0.3 is 5.97 Å². The van der Waals surface area contributed by atoms with Gasteiger partial charge in [-0.25, -0.2) is 0 Å². The third-order valence-electron chi connectivity index (χ3n) is 1.57. The van der Waals surface area contributed by atoms with E-state index in [4.69, 9.17) is 9.84 Å². The third-order valence-corrected chi connectivity index (χ3v) is 1.57. The van der Waals surface area contributed by atoms with Gasteiger partial charge in [0.15, 0.2) is 0 Å². The van der Waals surface area contributed by atoms with Crippen LogP contribution in [0.1, 0.15) is 27.7 Å². The maximum atomic E-state index is 10.8. The van der Waals surface area contributed by atoms with E-state index in [9.17, 15) is 4.79 Å². The van der Waals surface area contributed by atoms with Crippen LogP contribution in [0.4, 0.5) is 0 Å². The van der Waals surface area contributed by atoms with E-state index >= 15 is 0 Å². The fourth-order valence-electron chi connectivity index (χ4n) is 1.01. The monoisotopic (exact) mass is 203 g/mol. The molecule has 0 aliphatic heterocycles. The van der Waals surface area contributed by atoms with Crippen LogP contribution in [0.15, 0.2) is 0 Å². The van der Waals surface area contributed by atoms with Crippen LogP contribution in [0, 0.1) is 5.92 Å². The summed E-state index contributed by atoms with van der Waals surface area (Å²) in [4.78, 5) is 10.8. The minimum Gasteiger partial charge on any atom is -0.480 e. The molecule has 4 nitrogen and oxygen atoms in total. The van der Waals surface area contributed by atoms with E-state index in [1.807, 2.05) is 27.7 Å². The number of rotatable bonds is 7. The van der Waals surface area contributed by atoms with Gasteiger partial charge in [-0.1, -0.05) is 27.7 Å². The van der Waals surface area contributed by atoms with Crippen LogP contribution in [0.2, 0.25) is 0 Å². The van der Waals surface area contributed by atoms with Crippen molar-refractivity contribution >= 4 is 5.97 Å². The zero-order chi connectivity index (χ0) is 11.1. The highest BCUT2D eigenvalue weighted by Crippen LogP contribution is 1.95. The largest absolute Gasteiger partial charge is 0.480 e. The van der Waals surface area contributed by atoms with Crippen molar-refractivity contribution in [1.82, 2.24) is 5.32 Å². The summed E-state index contributed by atoms with van der Waals surface area (Å²) in [7, 11) is 0. The van der Waals surface area contributed by atoms with Crippen molar-refractivity contribution in [3.63, 3.8) is 0 Å². The lowest BCUT2D eigenvalue weighted by Crippen LogP contribution is -2.44. The first-order chi connectivity index (χ1) is 6.43. The molecule has 0 radical (unpaired) electrons. The van der Waals surface area contributed by atoms with Gasteiger partial charge < -0.3 is 15.2 Å². The van der Waals surface area contributed by atoms with Crippen LogP contribution < -0.4 is 5.32 Å². The summed E-state index contributed by atoms with van der Waals surface area (Å²) < 4.78 is 5.28.